The highest BCUT2D eigenvalue weighted by Crippen LogP contribution is 2.27. The van der Waals surface area contributed by atoms with Crippen molar-refractivity contribution in [3.63, 3.8) is 0 Å². The van der Waals surface area contributed by atoms with Crippen molar-refractivity contribution < 1.29 is 14.6 Å². The quantitative estimate of drug-likeness (QED) is 0.780. The third-order valence-electron chi connectivity index (χ3n) is 2.20. The lowest BCUT2D eigenvalue weighted by molar-refractivity contribution is 0.0689. The molecule has 0 amide bonds. The van der Waals surface area contributed by atoms with Gasteiger partial charge in [0.05, 0.1) is 11.8 Å². The molecule has 2 rings (SSSR count). The number of aromatic carboxylic acids is 1. The molecule has 0 bridgehead atoms. The summed E-state index contributed by atoms with van der Waals surface area (Å²) in [5.41, 5.74) is 0.449. The van der Waals surface area contributed by atoms with Gasteiger partial charge in [-0.05, 0) is 30.5 Å². The number of carbonyl (C=O) groups is 1. The molecule has 1 fully saturated rings. The predicted octanol–water partition coefficient (Wildman–Crippen LogP) is 1.68. The van der Waals surface area contributed by atoms with Crippen molar-refractivity contribution in [2.24, 2.45) is 0 Å². The number of aromatic nitrogens is 2. The minimum Gasteiger partial charge on any atom is -0.477 e. The molecule has 1 atom stereocenters. The van der Waals surface area contributed by atoms with Gasteiger partial charge in [0.1, 0.15) is 0 Å². The molecule has 1 aromatic rings. The van der Waals surface area contributed by atoms with E-state index >= 15 is 0 Å². The zero-order valence-corrected chi connectivity index (χ0v) is 8.57. The molecule has 0 radical (unpaired) electrons. The maximum absolute atomic E-state index is 10.7. The van der Waals surface area contributed by atoms with Crippen molar-refractivity contribution in [1.29, 1.82) is 0 Å². The lowest BCUT2D eigenvalue weighted by Gasteiger charge is -2.08. The molecular weight excluding hydrogens is 220 g/mol. The van der Waals surface area contributed by atoms with Crippen LogP contribution in [-0.4, -0.2) is 27.7 Å². The Balaban J connectivity index is 2.34. The summed E-state index contributed by atoms with van der Waals surface area (Å²) < 4.78 is 5.39. The van der Waals surface area contributed by atoms with Crippen LogP contribution in [0.2, 0.25) is 5.28 Å². The van der Waals surface area contributed by atoms with Crippen LogP contribution in [0.25, 0.3) is 0 Å². The highest BCUT2D eigenvalue weighted by Gasteiger charge is 2.21. The van der Waals surface area contributed by atoms with E-state index in [1.54, 1.807) is 0 Å². The Labute approximate surface area is 91.1 Å². The third-order valence-corrected chi connectivity index (χ3v) is 2.37. The molecule has 80 valence electrons. The number of halogens is 1. The van der Waals surface area contributed by atoms with E-state index in [2.05, 4.69) is 9.97 Å². The van der Waals surface area contributed by atoms with Crippen LogP contribution >= 0.6 is 11.6 Å². The van der Waals surface area contributed by atoms with Gasteiger partial charge < -0.3 is 9.84 Å². The fraction of sp³-hybridized carbons (Fsp3) is 0.444. The highest BCUT2D eigenvalue weighted by molar-refractivity contribution is 6.28. The van der Waals surface area contributed by atoms with Gasteiger partial charge in [-0.3, -0.25) is 0 Å². The van der Waals surface area contributed by atoms with Crippen LogP contribution in [0.15, 0.2) is 6.07 Å². The van der Waals surface area contributed by atoms with Crippen molar-refractivity contribution in [3.8, 4) is 0 Å². The first kappa shape index (κ1) is 10.3. The minimum absolute atomic E-state index is 0.0552. The summed E-state index contributed by atoms with van der Waals surface area (Å²) in [7, 11) is 0. The number of hydrogen-bond acceptors (Lipinski definition) is 4. The lowest BCUT2D eigenvalue weighted by Crippen LogP contribution is -2.07. The number of carboxylic acids is 1. The molecule has 0 aromatic carbocycles. The molecule has 5 nitrogen and oxygen atoms in total. The normalized spacial score (nSPS) is 20.5. The van der Waals surface area contributed by atoms with Gasteiger partial charge in [-0.2, -0.15) is 0 Å². The molecular formula is C9H9ClN2O3. The topological polar surface area (TPSA) is 72.3 Å². The van der Waals surface area contributed by atoms with E-state index in [4.69, 9.17) is 21.4 Å². The fourth-order valence-corrected chi connectivity index (χ4v) is 1.71. The summed E-state index contributed by atoms with van der Waals surface area (Å²) in [6.07, 6.45) is 1.64. The second-order valence-corrected chi connectivity index (χ2v) is 3.59. The Morgan fingerprint density at radius 1 is 1.60 bits per heavy atom. The standard InChI is InChI=1S/C9H9ClN2O3/c10-9-11-5(7-2-1-3-15-7)4-6(12-9)8(13)14/h4,7H,1-3H2,(H,13,14). The van der Waals surface area contributed by atoms with E-state index in [1.165, 1.54) is 6.07 Å². The van der Waals surface area contributed by atoms with Crippen LogP contribution < -0.4 is 0 Å². The molecule has 15 heavy (non-hydrogen) atoms. The van der Waals surface area contributed by atoms with Crippen LogP contribution in [0, 0.1) is 0 Å². The molecule has 0 aliphatic carbocycles. The van der Waals surface area contributed by atoms with Crippen molar-refractivity contribution in [2.45, 2.75) is 18.9 Å². The van der Waals surface area contributed by atoms with Gasteiger partial charge in [0.15, 0.2) is 5.69 Å². The van der Waals surface area contributed by atoms with Gasteiger partial charge >= 0.3 is 5.97 Å². The van der Waals surface area contributed by atoms with Gasteiger partial charge in [-0.15, -0.1) is 0 Å². The van der Waals surface area contributed by atoms with Crippen molar-refractivity contribution >= 4 is 17.6 Å². The largest absolute Gasteiger partial charge is 0.477 e. The second-order valence-electron chi connectivity index (χ2n) is 3.25. The molecule has 0 saturated carbocycles. The van der Waals surface area contributed by atoms with Gasteiger partial charge in [-0.25, -0.2) is 14.8 Å². The Hall–Kier alpha value is -1.20. The van der Waals surface area contributed by atoms with Crippen LogP contribution in [-0.2, 0) is 4.74 Å². The summed E-state index contributed by atoms with van der Waals surface area (Å²) in [4.78, 5) is 18.3. The first-order chi connectivity index (χ1) is 7.16. The first-order valence-corrected chi connectivity index (χ1v) is 4.94. The highest BCUT2D eigenvalue weighted by atomic mass is 35.5. The number of hydrogen-bond donors (Lipinski definition) is 1. The first-order valence-electron chi connectivity index (χ1n) is 4.56. The molecule has 6 heteroatoms. The molecule has 2 heterocycles. The summed E-state index contributed by atoms with van der Waals surface area (Å²) >= 11 is 5.63. The van der Waals surface area contributed by atoms with Crippen LogP contribution in [0.4, 0.5) is 0 Å². The van der Waals surface area contributed by atoms with E-state index in [-0.39, 0.29) is 17.1 Å². The zero-order valence-electron chi connectivity index (χ0n) is 7.81. The summed E-state index contributed by atoms with van der Waals surface area (Å²) in [5, 5.41) is 8.73. The predicted molar refractivity (Wildman–Crippen MR) is 51.9 cm³/mol. The van der Waals surface area contributed by atoms with Gasteiger partial charge in [0.2, 0.25) is 5.28 Å². The van der Waals surface area contributed by atoms with Crippen molar-refractivity contribution in [3.05, 3.63) is 22.7 Å². The SMILES string of the molecule is O=C(O)c1cc(C2CCCO2)nc(Cl)n1. The third kappa shape index (κ3) is 2.24. The smallest absolute Gasteiger partial charge is 0.354 e. The van der Waals surface area contributed by atoms with Gasteiger partial charge in [-0.1, -0.05) is 0 Å². The van der Waals surface area contributed by atoms with Crippen molar-refractivity contribution in [1.82, 2.24) is 9.97 Å². The molecule has 1 aliphatic rings. The Morgan fingerprint density at radius 2 is 2.40 bits per heavy atom. The monoisotopic (exact) mass is 228 g/mol. The van der Waals surface area contributed by atoms with E-state index in [1.807, 2.05) is 0 Å². The lowest BCUT2D eigenvalue weighted by atomic mass is 10.1. The summed E-state index contributed by atoms with van der Waals surface area (Å²) in [6.45, 7) is 0.675. The molecule has 1 aliphatic heterocycles. The number of rotatable bonds is 2. The number of nitrogens with zero attached hydrogens (tertiary/aromatic N) is 2. The number of carboxylic acid groups (broad SMARTS) is 1. The fourth-order valence-electron chi connectivity index (χ4n) is 1.52. The average Bonchev–Trinajstić information content (AvgIpc) is 2.69. The average molecular weight is 229 g/mol. The maximum Gasteiger partial charge on any atom is 0.354 e. The zero-order chi connectivity index (χ0) is 10.8. The molecule has 1 unspecified atom stereocenters. The summed E-state index contributed by atoms with van der Waals surface area (Å²) in [6, 6.07) is 1.41. The molecule has 1 saturated heterocycles. The van der Waals surface area contributed by atoms with E-state index in [9.17, 15) is 4.79 Å². The van der Waals surface area contributed by atoms with Crippen LogP contribution in [0.1, 0.15) is 35.1 Å². The Morgan fingerprint density at radius 3 is 3.00 bits per heavy atom. The molecule has 1 N–H and O–H groups in total. The molecule has 1 aromatic heterocycles. The van der Waals surface area contributed by atoms with Crippen molar-refractivity contribution in [2.75, 3.05) is 6.61 Å². The number of ether oxygens (including phenoxy) is 1. The maximum atomic E-state index is 10.7. The van der Waals surface area contributed by atoms with E-state index in [0.29, 0.717) is 12.3 Å². The summed E-state index contributed by atoms with van der Waals surface area (Å²) in [5.74, 6) is -1.11. The second kappa shape index (κ2) is 4.12. The van der Waals surface area contributed by atoms with Crippen LogP contribution in [0.5, 0.6) is 0 Å². The van der Waals surface area contributed by atoms with E-state index in [0.717, 1.165) is 12.8 Å². The van der Waals surface area contributed by atoms with Crippen LogP contribution in [0.3, 0.4) is 0 Å². The van der Waals surface area contributed by atoms with Gasteiger partial charge in [0, 0.05) is 6.61 Å². The minimum atomic E-state index is -1.11. The Kier molecular flexibility index (Phi) is 2.83. The van der Waals surface area contributed by atoms with E-state index < -0.39 is 5.97 Å². The molecule has 0 spiro atoms. The van der Waals surface area contributed by atoms with Gasteiger partial charge in [0.25, 0.3) is 0 Å². The Bertz CT molecular complexity index is 391.